The van der Waals surface area contributed by atoms with Gasteiger partial charge in [-0.3, -0.25) is 4.79 Å². The van der Waals surface area contributed by atoms with Crippen molar-refractivity contribution in [1.82, 2.24) is 4.90 Å². The standard InChI is InChI=1S/C24H26N2O2/c1-25(2)23-13-12-20(21-10-3-4-11-22(21)23)17-7-5-8-18(15-17)24(28)26-14-6-9-19(26)16-27/h3-5,7-8,10-13,15,19,27H,6,9,14,16H2,1-2H3/t19-/m0/s1. The van der Waals surface area contributed by atoms with Gasteiger partial charge in [0.25, 0.3) is 5.91 Å². The van der Waals surface area contributed by atoms with Crippen molar-refractivity contribution >= 4 is 22.4 Å². The molecule has 28 heavy (non-hydrogen) atoms. The number of carbonyl (C=O) groups is 1. The van der Waals surface area contributed by atoms with Gasteiger partial charge in [-0.05, 0) is 47.6 Å². The van der Waals surface area contributed by atoms with Crippen molar-refractivity contribution in [2.45, 2.75) is 18.9 Å². The van der Waals surface area contributed by atoms with Gasteiger partial charge >= 0.3 is 0 Å². The maximum atomic E-state index is 13.0. The summed E-state index contributed by atoms with van der Waals surface area (Å²) in [4.78, 5) is 16.9. The van der Waals surface area contributed by atoms with E-state index < -0.39 is 0 Å². The molecule has 0 radical (unpaired) electrons. The number of fused-ring (bicyclic) bond motifs is 1. The van der Waals surface area contributed by atoms with Crippen LogP contribution in [-0.4, -0.2) is 49.2 Å². The highest BCUT2D eigenvalue weighted by molar-refractivity contribution is 6.04. The van der Waals surface area contributed by atoms with E-state index in [0.717, 1.165) is 30.5 Å². The van der Waals surface area contributed by atoms with Crippen molar-refractivity contribution in [3.05, 3.63) is 66.2 Å². The predicted octanol–water partition coefficient (Wildman–Crippen LogP) is 4.17. The van der Waals surface area contributed by atoms with Crippen LogP contribution in [0.2, 0.25) is 0 Å². The summed E-state index contributed by atoms with van der Waals surface area (Å²) < 4.78 is 0. The summed E-state index contributed by atoms with van der Waals surface area (Å²) in [7, 11) is 4.10. The van der Waals surface area contributed by atoms with Crippen molar-refractivity contribution in [3.63, 3.8) is 0 Å². The van der Waals surface area contributed by atoms with Gasteiger partial charge in [0.2, 0.25) is 0 Å². The first-order chi connectivity index (χ1) is 13.6. The Morgan fingerprint density at radius 3 is 2.61 bits per heavy atom. The largest absolute Gasteiger partial charge is 0.394 e. The molecule has 1 amide bonds. The molecule has 0 bridgehead atoms. The van der Waals surface area contributed by atoms with Crippen molar-refractivity contribution in [3.8, 4) is 11.1 Å². The number of carbonyl (C=O) groups excluding carboxylic acids is 1. The van der Waals surface area contributed by atoms with Crippen LogP contribution < -0.4 is 4.90 Å². The fourth-order valence-electron chi connectivity index (χ4n) is 4.20. The van der Waals surface area contributed by atoms with Gasteiger partial charge in [-0.2, -0.15) is 0 Å². The monoisotopic (exact) mass is 374 g/mol. The van der Waals surface area contributed by atoms with E-state index >= 15 is 0 Å². The maximum Gasteiger partial charge on any atom is 0.254 e. The molecule has 0 spiro atoms. The average molecular weight is 374 g/mol. The van der Waals surface area contributed by atoms with E-state index in [9.17, 15) is 9.90 Å². The van der Waals surface area contributed by atoms with E-state index in [-0.39, 0.29) is 18.6 Å². The summed E-state index contributed by atoms with van der Waals surface area (Å²) >= 11 is 0. The predicted molar refractivity (Wildman–Crippen MR) is 115 cm³/mol. The van der Waals surface area contributed by atoms with Gasteiger partial charge in [-0.1, -0.05) is 42.5 Å². The van der Waals surface area contributed by atoms with E-state index in [2.05, 4.69) is 47.4 Å². The smallest absolute Gasteiger partial charge is 0.254 e. The lowest BCUT2D eigenvalue weighted by Gasteiger charge is -2.23. The quantitative estimate of drug-likeness (QED) is 0.745. The molecule has 1 heterocycles. The van der Waals surface area contributed by atoms with E-state index in [1.54, 1.807) is 0 Å². The zero-order valence-electron chi connectivity index (χ0n) is 16.4. The zero-order chi connectivity index (χ0) is 19.7. The second kappa shape index (κ2) is 7.64. The number of hydrogen-bond acceptors (Lipinski definition) is 3. The Morgan fingerprint density at radius 1 is 1.07 bits per heavy atom. The van der Waals surface area contributed by atoms with Crippen LogP contribution in [0, 0.1) is 0 Å². The van der Waals surface area contributed by atoms with Gasteiger partial charge in [-0.25, -0.2) is 0 Å². The topological polar surface area (TPSA) is 43.8 Å². The molecule has 0 aliphatic carbocycles. The Bertz CT molecular complexity index is 1010. The fraction of sp³-hybridized carbons (Fsp3) is 0.292. The van der Waals surface area contributed by atoms with Gasteiger partial charge in [0, 0.05) is 37.3 Å². The van der Waals surface area contributed by atoms with Crippen LogP contribution in [0.15, 0.2) is 60.7 Å². The second-order valence-electron chi connectivity index (χ2n) is 7.63. The lowest BCUT2D eigenvalue weighted by molar-refractivity contribution is 0.0677. The zero-order valence-corrected chi connectivity index (χ0v) is 16.4. The first kappa shape index (κ1) is 18.5. The number of amides is 1. The van der Waals surface area contributed by atoms with E-state index in [4.69, 9.17) is 0 Å². The molecule has 1 aliphatic heterocycles. The number of nitrogens with zero attached hydrogens (tertiary/aromatic N) is 2. The number of rotatable bonds is 4. The number of anilines is 1. The number of aliphatic hydroxyl groups is 1. The Morgan fingerprint density at radius 2 is 1.86 bits per heavy atom. The van der Waals surface area contributed by atoms with Crippen LogP contribution in [0.25, 0.3) is 21.9 Å². The number of hydrogen-bond donors (Lipinski definition) is 1. The Kier molecular flexibility index (Phi) is 5.05. The highest BCUT2D eigenvalue weighted by Crippen LogP contribution is 2.35. The molecule has 1 atom stereocenters. The molecule has 3 aromatic rings. The first-order valence-electron chi connectivity index (χ1n) is 9.81. The summed E-state index contributed by atoms with van der Waals surface area (Å²) in [6.45, 7) is 0.747. The third-order valence-electron chi connectivity index (χ3n) is 5.65. The molecule has 1 fully saturated rings. The Hall–Kier alpha value is -2.85. The summed E-state index contributed by atoms with van der Waals surface area (Å²) in [6.07, 6.45) is 1.83. The number of aliphatic hydroxyl groups excluding tert-OH is 1. The first-order valence-corrected chi connectivity index (χ1v) is 9.81. The van der Waals surface area contributed by atoms with Crippen molar-refractivity contribution < 1.29 is 9.90 Å². The molecule has 0 saturated carbocycles. The van der Waals surface area contributed by atoms with E-state index in [1.807, 2.05) is 37.2 Å². The molecule has 4 heteroatoms. The lowest BCUT2D eigenvalue weighted by atomic mass is 9.95. The van der Waals surface area contributed by atoms with Crippen LogP contribution in [0.4, 0.5) is 5.69 Å². The third-order valence-corrected chi connectivity index (χ3v) is 5.65. The van der Waals surface area contributed by atoms with Gasteiger partial charge in [0.05, 0.1) is 12.6 Å². The van der Waals surface area contributed by atoms with Gasteiger partial charge in [0.15, 0.2) is 0 Å². The summed E-state index contributed by atoms with van der Waals surface area (Å²) in [5.41, 5.74) is 4.01. The lowest BCUT2D eigenvalue weighted by Crippen LogP contribution is -2.37. The third kappa shape index (κ3) is 3.25. The molecule has 3 aromatic carbocycles. The SMILES string of the molecule is CN(C)c1ccc(-c2cccc(C(=O)N3CCC[C@H]3CO)c2)c2ccccc12. The summed E-state index contributed by atoms with van der Waals surface area (Å²) in [5, 5.41) is 11.9. The molecule has 1 aliphatic rings. The fourth-order valence-corrected chi connectivity index (χ4v) is 4.20. The van der Waals surface area contributed by atoms with Gasteiger partial charge in [0.1, 0.15) is 0 Å². The minimum Gasteiger partial charge on any atom is -0.394 e. The second-order valence-corrected chi connectivity index (χ2v) is 7.63. The minimum atomic E-state index is -0.0589. The van der Waals surface area contributed by atoms with Crippen LogP contribution >= 0.6 is 0 Å². The highest BCUT2D eigenvalue weighted by Gasteiger charge is 2.28. The maximum absolute atomic E-state index is 13.0. The van der Waals surface area contributed by atoms with Crippen molar-refractivity contribution in [1.29, 1.82) is 0 Å². The Labute approximate surface area is 166 Å². The summed E-state index contributed by atoms with van der Waals surface area (Å²) in [5.74, 6) is 0.00705. The van der Waals surface area contributed by atoms with E-state index in [1.165, 1.54) is 16.5 Å². The number of benzene rings is 3. The molecular formula is C24H26N2O2. The van der Waals surface area contributed by atoms with Crippen LogP contribution in [0.3, 0.4) is 0 Å². The van der Waals surface area contributed by atoms with Crippen molar-refractivity contribution in [2.24, 2.45) is 0 Å². The number of likely N-dealkylation sites (tertiary alicyclic amines) is 1. The molecule has 0 aromatic heterocycles. The minimum absolute atomic E-state index is 0.00705. The normalized spacial score (nSPS) is 16.5. The average Bonchev–Trinajstić information content (AvgIpc) is 3.21. The molecule has 1 saturated heterocycles. The summed E-state index contributed by atoms with van der Waals surface area (Å²) in [6, 6.07) is 20.4. The van der Waals surface area contributed by atoms with Crippen LogP contribution in [0.5, 0.6) is 0 Å². The molecular weight excluding hydrogens is 348 g/mol. The van der Waals surface area contributed by atoms with Crippen LogP contribution in [-0.2, 0) is 0 Å². The van der Waals surface area contributed by atoms with Gasteiger partial charge < -0.3 is 14.9 Å². The molecule has 144 valence electrons. The van der Waals surface area contributed by atoms with Crippen molar-refractivity contribution in [2.75, 3.05) is 32.1 Å². The highest BCUT2D eigenvalue weighted by atomic mass is 16.3. The molecule has 4 nitrogen and oxygen atoms in total. The molecule has 4 rings (SSSR count). The van der Waals surface area contributed by atoms with E-state index in [0.29, 0.717) is 5.56 Å². The molecule has 0 unspecified atom stereocenters. The van der Waals surface area contributed by atoms with Gasteiger partial charge in [-0.15, -0.1) is 0 Å². The van der Waals surface area contributed by atoms with Crippen LogP contribution in [0.1, 0.15) is 23.2 Å². The molecule has 1 N–H and O–H groups in total. The Balaban J connectivity index is 1.76.